The second kappa shape index (κ2) is 9.57. The molecular weight excluding hydrogens is 466 g/mol. The molecule has 0 unspecified atom stereocenters. The molecule has 0 aliphatic rings. The summed E-state index contributed by atoms with van der Waals surface area (Å²) in [4.78, 5) is 17.7. The van der Waals surface area contributed by atoms with Crippen molar-refractivity contribution in [3.63, 3.8) is 0 Å². The first-order valence-electron chi connectivity index (χ1n) is 11.1. The van der Waals surface area contributed by atoms with Crippen LogP contribution in [0.2, 0.25) is 0 Å². The van der Waals surface area contributed by atoms with Crippen molar-refractivity contribution in [2.75, 3.05) is 12.4 Å². The van der Waals surface area contributed by atoms with Gasteiger partial charge in [-0.25, -0.2) is 18.3 Å². The SMILES string of the molecule is COc1ccccc1-c1cc(C(F)F)n2ncc(C(=O)Nc3cc(C)n(Cc4ccccc4)n3)c2n1. The standard InChI is InChI=1S/C26H22F2N6O2/c1-16-12-23(32-33(16)15-17-8-4-3-5-9-17)31-26(35)19-14-29-34-21(24(27)28)13-20(30-25(19)34)18-10-6-7-11-22(18)36-2/h3-14,24H,15H2,1-2H3,(H,31,32,35). The lowest BCUT2D eigenvalue weighted by Gasteiger charge is -2.11. The van der Waals surface area contributed by atoms with E-state index >= 15 is 0 Å². The fourth-order valence-electron chi connectivity index (χ4n) is 3.97. The van der Waals surface area contributed by atoms with Gasteiger partial charge >= 0.3 is 0 Å². The van der Waals surface area contributed by atoms with Crippen LogP contribution in [0, 0.1) is 6.92 Å². The van der Waals surface area contributed by atoms with E-state index in [2.05, 4.69) is 20.5 Å². The lowest BCUT2D eigenvalue weighted by atomic mass is 10.1. The van der Waals surface area contributed by atoms with Gasteiger partial charge in [0.05, 0.1) is 25.5 Å². The Morgan fingerprint density at radius 3 is 2.58 bits per heavy atom. The third kappa shape index (κ3) is 4.40. The number of ether oxygens (including phenoxy) is 1. The van der Waals surface area contributed by atoms with Crippen molar-refractivity contribution in [1.82, 2.24) is 24.4 Å². The Kier molecular flexibility index (Phi) is 6.16. The molecule has 2 aromatic carbocycles. The number of aromatic nitrogens is 5. The van der Waals surface area contributed by atoms with Crippen LogP contribution in [0.4, 0.5) is 14.6 Å². The Morgan fingerprint density at radius 2 is 1.83 bits per heavy atom. The molecule has 3 heterocycles. The highest BCUT2D eigenvalue weighted by Crippen LogP contribution is 2.32. The van der Waals surface area contributed by atoms with Gasteiger partial charge in [-0.3, -0.25) is 9.48 Å². The van der Waals surface area contributed by atoms with E-state index in [0.29, 0.717) is 23.7 Å². The van der Waals surface area contributed by atoms with Crippen LogP contribution in [-0.2, 0) is 6.54 Å². The van der Waals surface area contributed by atoms with Gasteiger partial charge in [0.2, 0.25) is 0 Å². The smallest absolute Gasteiger partial charge is 0.280 e. The Labute approximate surface area is 205 Å². The van der Waals surface area contributed by atoms with Crippen LogP contribution in [0.25, 0.3) is 16.9 Å². The Morgan fingerprint density at radius 1 is 1.08 bits per heavy atom. The van der Waals surface area contributed by atoms with Gasteiger partial charge in [0.25, 0.3) is 12.3 Å². The second-order valence-corrected chi connectivity index (χ2v) is 8.13. The summed E-state index contributed by atoms with van der Waals surface area (Å²) in [7, 11) is 1.49. The van der Waals surface area contributed by atoms with Crippen LogP contribution in [0.15, 0.2) is 72.9 Å². The molecule has 182 valence electrons. The van der Waals surface area contributed by atoms with Crippen molar-refractivity contribution < 1.29 is 18.3 Å². The van der Waals surface area contributed by atoms with Gasteiger partial charge in [0, 0.05) is 17.3 Å². The number of carbonyl (C=O) groups excluding carboxylic acids is 1. The Bertz CT molecular complexity index is 1550. The number of hydrogen-bond donors (Lipinski definition) is 1. The van der Waals surface area contributed by atoms with Crippen molar-refractivity contribution in [2.45, 2.75) is 19.9 Å². The number of hydrogen-bond acceptors (Lipinski definition) is 5. The zero-order chi connectivity index (χ0) is 25.2. The van der Waals surface area contributed by atoms with Crippen LogP contribution in [0.1, 0.15) is 33.7 Å². The number of alkyl halides is 2. The van der Waals surface area contributed by atoms with E-state index in [1.54, 1.807) is 35.0 Å². The predicted octanol–water partition coefficient (Wildman–Crippen LogP) is 5.15. The van der Waals surface area contributed by atoms with E-state index in [4.69, 9.17) is 4.74 Å². The quantitative estimate of drug-likeness (QED) is 0.343. The summed E-state index contributed by atoms with van der Waals surface area (Å²) in [5.74, 6) is 0.251. The van der Waals surface area contributed by atoms with E-state index in [0.717, 1.165) is 15.8 Å². The molecule has 0 fully saturated rings. The lowest BCUT2D eigenvalue weighted by molar-refractivity contribution is 0.102. The summed E-state index contributed by atoms with van der Waals surface area (Å²) in [6.07, 6.45) is -1.61. The molecule has 0 saturated carbocycles. The topological polar surface area (TPSA) is 86.3 Å². The summed E-state index contributed by atoms with van der Waals surface area (Å²) in [6.45, 7) is 2.43. The minimum absolute atomic E-state index is 0.00615. The molecule has 0 atom stereocenters. The number of carbonyl (C=O) groups is 1. The first-order chi connectivity index (χ1) is 17.4. The zero-order valence-corrected chi connectivity index (χ0v) is 19.5. The molecule has 0 saturated heterocycles. The van der Waals surface area contributed by atoms with Crippen molar-refractivity contribution in [3.05, 3.63) is 95.4 Å². The number of rotatable bonds is 7. The first kappa shape index (κ1) is 23.2. The summed E-state index contributed by atoms with van der Waals surface area (Å²) in [5, 5.41) is 11.2. The predicted molar refractivity (Wildman–Crippen MR) is 130 cm³/mol. The molecule has 8 nitrogen and oxygen atoms in total. The van der Waals surface area contributed by atoms with Crippen molar-refractivity contribution in [2.24, 2.45) is 0 Å². The molecular formula is C26H22F2N6O2. The van der Waals surface area contributed by atoms with Crippen LogP contribution in [0.3, 0.4) is 0 Å². The first-order valence-corrected chi connectivity index (χ1v) is 11.1. The zero-order valence-electron chi connectivity index (χ0n) is 19.5. The third-order valence-electron chi connectivity index (χ3n) is 5.75. The van der Waals surface area contributed by atoms with Gasteiger partial charge in [0.1, 0.15) is 17.0 Å². The van der Waals surface area contributed by atoms with E-state index in [9.17, 15) is 13.6 Å². The molecule has 1 amide bonds. The van der Waals surface area contributed by atoms with Gasteiger partial charge in [-0.2, -0.15) is 10.2 Å². The maximum atomic E-state index is 13.9. The molecule has 5 rings (SSSR count). The van der Waals surface area contributed by atoms with Gasteiger partial charge < -0.3 is 10.1 Å². The molecule has 0 aliphatic heterocycles. The fourth-order valence-corrected chi connectivity index (χ4v) is 3.97. The third-order valence-corrected chi connectivity index (χ3v) is 5.75. The number of halogens is 2. The van der Waals surface area contributed by atoms with Crippen LogP contribution < -0.4 is 10.1 Å². The van der Waals surface area contributed by atoms with Gasteiger partial charge in [-0.15, -0.1) is 0 Å². The number of benzene rings is 2. The molecule has 0 bridgehead atoms. The summed E-state index contributed by atoms with van der Waals surface area (Å²) >= 11 is 0. The van der Waals surface area contributed by atoms with Crippen molar-refractivity contribution >= 4 is 17.4 Å². The monoisotopic (exact) mass is 488 g/mol. The molecule has 5 aromatic rings. The van der Waals surface area contributed by atoms with E-state index in [1.807, 2.05) is 37.3 Å². The minimum Gasteiger partial charge on any atom is -0.496 e. The number of para-hydroxylation sites is 1. The number of nitrogens with zero attached hydrogens (tertiary/aromatic N) is 5. The second-order valence-electron chi connectivity index (χ2n) is 8.13. The van der Waals surface area contributed by atoms with E-state index in [-0.39, 0.29) is 22.6 Å². The lowest BCUT2D eigenvalue weighted by Crippen LogP contribution is -2.14. The summed E-state index contributed by atoms with van der Waals surface area (Å²) in [5.41, 5.74) is 2.35. The maximum Gasteiger partial charge on any atom is 0.280 e. The normalized spacial score (nSPS) is 11.2. The Hall–Kier alpha value is -4.60. The van der Waals surface area contributed by atoms with E-state index < -0.39 is 12.3 Å². The number of amides is 1. The highest BCUT2D eigenvalue weighted by molar-refractivity contribution is 6.07. The number of nitrogens with one attached hydrogen (secondary N) is 1. The van der Waals surface area contributed by atoms with Crippen molar-refractivity contribution in [3.8, 4) is 17.0 Å². The molecule has 0 spiro atoms. The highest BCUT2D eigenvalue weighted by atomic mass is 19.3. The molecule has 0 radical (unpaired) electrons. The van der Waals surface area contributed by atoms with Gasteiger partial charge in [-0.05, 0) is 30.7 Å². The van der Waals surface area contributed by atoms with Crippen molar-refractivity contribution in [1.29, 1.82) is 0 Å². The summed E-state index contributed by atoms with van der Waals surface area (Å²) in [6, 6.07) is 19.7. The number of aryl methyl sites for hydroxylation is 1. The largest absolute Gasteiger partial charge is 0.496 e. The molecule has 10 heteroatoms. The average Bonchev–Trinajstić information content (AvgIpc) is 3.46. The highest BCUT2D eigenvalue weighted by Gasteiger charge is 2.23. The van der Waals surface area contributed by atoms with Gasteiger partial charge in [0.15, 0.2) is 11.5 Å². The molecule has 0 aliphatic carbocycles. The number of fused-ring (bicyclic) bond motifs is 1. The number of anilines is 1. The minimum atomic E-state index is -2.84. The fraction of sp³-hybridized carbons (Fsp3) is 0.154. The van der Waals surface area contributed by atoms with Crippen LogP contribution in [0.5, 0.6) is 5.75 Å². The average molecular weight is 488 g/mol. The maximum absolute atomic E-state index is 13.9. The van der Waals surface area contributed by atoms with Crippen LogP contribution >= 0.6 is 0 Å². The molecule has 1 N–H and O–H groups in total. The van der Waals surface area contributed by atoms with Gasteiger partial charge in [-0.1, -0.05) is 42.5 Å². The van der Waals surface area contributed by atoms with E-state index in [1.165, 1.54) is 19.4 Å². The molecule has 36 heavy (non-hydrogen) atoms. The molecule has 3 aromatic heterocycles. The van der Waals surface area contributed by atoms with Crippen LogP contribution in [-0.4, -0.2) is 37.4 Å². The number of methoxy groups -OCH3 is 1. The summed E-state index contributed by atoms with van der Waals surface area (Å²) < 4.78 is 36.0. The Balaban J connectivity index is 1.49.